The van der Waals surface area contributed by atoms with Crippen molar-refractivity contribution in [3.63, 3.8) is 0 Å². The van der Waals surface area contributed by atoms with Crippen LogP contribution in [-0.4, -0.2) is 21.1 Å². The number of unbranched alkanes of at least 4 members (excludes halogenated alkanes) is 1. The first-order valence-electron chi connectivity index (χ1n) is 9.09. The van der Waals surface area contributed by atoms with Gasteiger partial charge in [0.05, 0.1) is 17.6 Å². The van der Waals surface area contributed by atoms with Crippen LogP contribution in [0.25, 0.3) is 28.2 Å². The molecule has 0 saturated carbocycles. The van der Waals surface area contributed by atoms with Crippen LogP contribution in [0.1, 0.15) is 19.8 Å². The number of pyridine rings is 1. The predicted octanol–water partition coefficient (Wildman–Crippen LogP) is 5.41. The van der Waals surface area contributed by atoms with Crippen LogP contribution in [-0.2, 0) is 0 Å². The molecule has 4 rings (SSSR count). The molecular formula is C22H20FN3O. The standard InChI is InChI=1S/C22H20FN3O/c1-2-3-14-27-18-10-8-17(9-11-18)26-21-12-7-16(23)15-20(21)25-22(26)19-6-4-5-13-24-19/h4-13,15H,2-3,14H2,1H3. The summed E-state index contributed by atoms with van der Waals surface area (Å²) in [6.07, 6.45) is 3.86. The van der Waals surface area contributed by atoms with Crippen molar-refractivity contribution >= 4 is 11.0 Å². The first kappa shape index (κ1) is 17.2. The summed E-state index contributed by atoms with van der Waals surface area (Å²) in [7, 11) is 0. The molecule has 0 bridgehead atoms. The average molecular weight is 361 g/mol. The van der Waals surface area contributed by atoms with E-state index in [4.69, 9.17) is 4.74 Å². The van der Waals surface area contributed by atoms with Crippen molar-refractivity contribution in [2.24, 2.45) is 0 Å². The van der Waals surface area contributed by atoms with Gasteiger partial charge in [-0.25, -0.2) is 9.37 Å². The van der Waals surface area contributed by atoms with Crippen LogP contribution in [0.2, 0.25) is 0 Å². The predicted molar refractivity (Wildman–Crippen MR) is 105 cm³/mol. The highest BCUT2D eigenvalue weighted by Gasteiger charge is 2.15. The topological polar surface area (TPSA) is 39.9 Å². The third-order valence-electron chi connectivity index (χ3n) is 4.37. The van der Waals surface area contributed by atoms with Crippen LogP contribution in [0.3, 0.4) is 0 Å². The van der Waals surface area contributed by atoms with Crippen LogP contribution < -0.4 is 4.74 Å². The lowest BCUT2D eigenvalue weighted by atomic mass is 10.2. The van der Waals surface area contributed by atoms with Crippen LogP contribution in [0.15, 0.2) is 66.9 Å². The van der Waals surface area contributed by atoms with Crippen molar-refractivity contribution < 1.29 is 9.13 Å². The van der Waals surface area contributed by atoms with Gasteiger partial charge in [0.15, 0.2) is 5.82 Å². The number of imidazole rings is 1. The first-order chi connectivity index (χ1) is 13.3. The molecule has 2 heterocycles. The van der Waals surface area contributed by atoms with E-state index >= 15 is 0 Å². The van der Waals surface area contributed by atoms with Gasteiger partial charge in [0.1, 0.15) is 17.3 Å². The van der Waals surface area contributed by atoms with Crippen LogP contribution in [0, 0.1) is 5.82 Å². The summed E-state index contributed by atoms with van der Waals surface area (Å²) in [5.74, 6) is 1.21. The van der Waals surface area contributed by atoms with Crippen molar-refractivity contribution in [3.05, 3.63) is 72.7 Å². The molecule has 136 valence electrons. The number of hydrogen-bond donors (Lipinski definition) is 0. The number of benzene rings is 2. The van der Waals surface area contributed by atoms with Crippen LogP contribution >= 0.6 is 0 Å². The van der Waals surface area contributed by atoms with Crippen molar-refractivity contribution in [3.8, 4) is 23.0 Å². The highest BCUT2D eigenvalue weighted by molar-refractivity contribution is 5.82. The highest BCUT2D eigenvalue weighted by atomic mass is 19.1. The molecule has 0 saturated heterocycles. The molecule has 0 aliphatic heterocycles. The second kappa shape index (κ2) is 7.58. The van der Waals surface area contributed by atoms with Crippen molar-refractivity contribution in [2.45, 2.75) is 19.8 Å². The van der Waals surface area contributed by atoms with Gasteiger partial charge in [-0.2, -0.15) is 0 Å². The summed E-state index contributed by atoms with van der Waals surface area (Å²) in [6.45, 7) is 2.85. The monoisotopic (exact) mass is 361 g/mol. The van der Waals surface area contributed by atoms with Gasteiger partial charge in [0, 0.05) is 18.0 Å². The third-order valence-corrected chi connectivity index (χ3v) is 4.37. The van der Waals surface area contributed by atoms with E-state index in [1.807, 2.05) is 47.0 Å². The third kappa shape index (κ3) is 3.53. The summed E-state index contributed by atoms with van der Waals surface area (Å²) >= 11 is 0. The van der Waals surface area contributed by atoms with E-state index in [1.165, 1.54) is 12.1 Å². The summed E-state index contributed by atoms with van der Waals surface area (Å²) in [5.41, 5.74) is 3.08. The Labute approximate surface area is 157 Å². The lowest BCUT2D eigenvalue weighted by Crippen LogP contribution is -2.00. The molecule has 0 fully saturated rings. The normalized spacial score (nSPS) is 11.0. The van der Waals surface area contributed by atoms with Gasteiger partial charge in [-0.15, -0.1) is 0 Å². The number of ether oxygens (including phenoxy) is 1. The summed E-state index contributed by atoms with van der Waals surface area (Å²) in [4.78, 5) is 9.05. The summed E-state index contributed by atoms with van der Waals surface area (Å²) < 4.78 is 21.4. The Balaban J connectivity index is 1.80. The fourth-order valence-corrected chi connectivity index (χ4v) is 3.01. The van der Waals surface area contributed by atoms with Gasteiger partial charge in [-0.3, -0.25) is 9.55 Å². The van der Waals surface area contributed by atoms with E-state index in [2.05, 4.69) is 16.9 Å². The molecule has 0 N–H and O–H groups in total. The Kier molecular flexibility index (Phi) is 4.83. The molecule has 2 aromatic heterocycles. The minimum Gasteiger partial charge on any atom is -0.494 e. The molecule has 0 spiro atoms. The average Bonchev–Trinajstić information content (AvgIpc) is 3.08. The minimum absolute atomic E-state index is 0.306. The van der Waals surface area contributed by atoms with Gasteiger partial charge in [-0.05, 0) is 55.0 Å². The molecule has 2 aromatic carbocycles. The van der Waals surface area contributed by atoms with Crippen LogP contribution in [0.4, 0.5) is 4.39 Å². The molecular weight excluding hydrogens is 341 g/mol. The van der Waals surface area contributed by atoms with E-state index in [-0.39, 0.29) is 5.82 Å². The molecule has 4 aromatic rings. The number of halogens is 1. The minimum atomic E-state index is -0.306. The largest absolute Gasteiger partial charge is 0.494 e. The number of rotatable bonds is 6. The second-order valence-electron chi connectivity index (χ2n) is 6.31. The van der Waals surface area contributed by atoms with E-state index in [9.17, 15) is 4.39 Å². The zero-order valence-corrected chi connectivity index (χ0v) is 15.1. The van der Waals surface area contributed by atoms with Crippen LogP contribution in [0.5, 0.6) is 5.75 Å². The smallest absolute Gasteiger partial charge is 0.164 e. The van der Waals surface area contributed by atoms with Gasteiger partial charge in [-0.1, -0.05) is 19.4 Å². The SMILES string of the molecule is CCCCOc1ccc(-n2c(-c3ccccn3)nc3cc(F)ccc32)cc1. The molecule has 0 aliphatic rings. The Morgan fingerprint density at radius 1 is 1.04 bits per heavy atom. The summed E-state index contributed by atoms with van der Waals surface area (Å²) in [5, 5.41) is 0. The summed E-state index contributed by atoms with van der Waals surface area (Å²) in [6, 6.07) is 18.2. The number of aromatic nitrogens is 3. The fraction of sp³-hybridized carbons (Fsp3) is 0.182. The van der Waals surface area contributed by atoms with Gasteiger partial charge >= 0.3 is 0 Å². The molecule has 0 unspecified atom stereocenters. The maximum atomic E-state index is 13.7. The molecule has 4 nitrogen and oxygen atoms in total. The Morgan fingerprint density at radius 3 is 2.63 bits per heavy atom. The Bertz CT molecular complexity index is 1040. The molecule has 5 heteroatoms. The van der Waals surface area contributed by atoms with Gasteiger partial charge < -0.3 is 4.74 Å². The van der Waals surface area contributed by atoms with E-state index in [0.717, 1.165) is 35.5 Å². The van der Waals surface area contributed by atoms with E-state index in [0.29, 0.717) is 17.9 Å². The Hall–Kier alpha value is -3.21. The quantitative estimate of drug-likeness (QED) is 0.431. The maximum Gasteiger partial charge on any atom is 0.164 e. The lowest BCUT2D eigenvalue weighted by Gasteiger charge is -2.11. The van der Waals surface area contributed by atoms with E-state index < -0.39 is 0 Å². The lowest BCUT2D eigenvalue weighted by molar-refractivity contribution is 0.309. The van der Waals surface area contributed by atoms with Crippen molar-refractivity contribution in [1.82, 2.24) is 14.5 Å². The maximum absolute atomic E-state index is 13.7. The molecule has 27 heavy (non-hydrogen) atoms. The first-order valence-corrected chi connectivity index (χ1v) is 9.09. The molecule has 0 aliphatic carbocycles. The number of fused-ring (bicyclic) bond motifs is 1. The zero-order valence-electron chi connectivity index (χ0n) is 15.1. The molecule has 0 radical (unpaired) electrons. The number of hydrogen-bond acceptors (Lipinski definition) is 3. The Morgan fingerprint density at radius 2 is 1.89 bits per heavy atom. The van der Waals surface area contributed by atoms with Crippen molar-refractivity contribution in [1.29, 1.82) is 0 Å². The second-order valence-corrected chi connectivity index (χ2v) is 6.31. The van der Waals surface area contributed by atoms with Gasteiger partial charge in [0.2, 0.25) is 0 Å². The number of nitrogens with zero attached hydrogens (tertiary/aromatic N) is 3. The molecule has 0 amide bonds. The fourth-order valence-electron chi connectivity index (χ4n) is 3.01. The molecule has 0 atom stereocenters. The zero-order chi connectivity index (χ0) is 18.6. The highest BCUT2D eigenvalue weighted by Crippen LogP contribution is 2.29. The van der Waals surface area contributed by atoms with Gasteiger partial charge in [0.25, 0.3) is 0 Å². The van der Waals surface area contributed by atoms with E-state index in [1.54, 1.807) is 12.3 Å². The van der Waals surface area contributed by atoms with Crippen molar-refractivity contribution in [2.75, 3.05) is 6.61 Å².